The number of anilines is 1. The summed E-state index contributed by atoms with van der Waals surface area (Å²) in [6.07, 6.45) is 1.08. The second-order valence-corrected chi connectivity index (χ2v) is 9.81. The number of aryl methyl sites for hydroxylation is 2. The van der Waals surface area contributed by atoms with Gasteiger partial charge in [-0.25, -0.2) is 16.8 Å². The van der Waals surface area contributed by atoms with E-state index in [0.717, 1.165) is 11.1 Å². The van der Waals surface area contributed by atoms with Crippen molar-refractivity contribution in [2.24, 2.45) is 0 Å². The largest absolute Gasteiger partial charge is 0.280 e. The first-order valence-electron chi connectivity index (χ1n) is 5.99. The number of benzene rings is 1. The molecule has 21 heavy (non-hydrogen) atoms. The highest BCUT2D eigenvalue weighted by Gasteiger charge is 2.19. The van der Waals surface area contributed by atoms with Crippen molar-refractivity contribution in [3.05, 3.63) is 40.1 Å². The van der Waals surface area contributed by atoms with Crippen LogP contribution < -0.4 is 4.72 Å². The van der Waals surface area contributed by atoms with Crippen LogP contribution in [0.5, 0.6) is 0 Å². The Balaban J connectivity index is 2.40. The average Bonchev–Trinajstić information content (AvgIpc) is 2.68. The van der Waals surface area contributed by atoms with Crippen LogP contribution >= 0.6 is 11.3 Å². The quantitative estimate of drug-likeness (QED) is 0.923. The van der Waals surface area contributed by atoms with Gasteiger partial charge in [0.05, 0.1) is 10.6 Å². The third-order valence-electron chi connectivity index (χ3n) is 2.80. The predicted octanol–water partition coefficient (Wildman–Crippen LogP) is 2.57. The maximum Gasteiger partial charge on any atom is 0.262 e. The molecule has 0 aliphatic carbocycles. The zero-order valence-electron chi connectivity index (χ0n) is 11.7. The molecule has 114 valence electrons. The number of nitrogens with one attached hydrogen (secondary N) is 1. The number of hydrogen-bond donors (Lipinski definition) is 1. The molecular weight excluding hydrogens is 330 g/mol. The van der Waals surface area contributed by atoms with Crippen LogP contribution in [0, 0.1) is 13.8 Å². The molecule has 8 heteroatoms. The molecule has 0 fully saturated rings. The zero-order valence-corrected chi connectivity index (χ0v) is 14.2. The standard InChI is InChI=1S/C13H15NO4S3/c1-9-7-13(10(2)19-9)21(17,18)14-11-5-4-6-12(8-11)20(3,15)16/h4-8,14H,1-3H3. The summed E-state index contributed by atoms with van der Waals surface area (Å²) in [4.78, 5) is 1.88. The van der Waals surface area contributed by atoms with Gasteiger partial charge in [-0.2, -0.15) is 0 Å². The van der Waals surface area contributed by atoms with E-state index >= 15 is 0 Å². The molecular formula is C13H15NO4S3. The van der Waals surface area contributed by atoms with Gasteiger partial charge in [-0.15, -0.1) is 11.3 Å². The van der Waals surface area contributed by atoms with E-state index < -0.39 is 19.9 Å². The number of thiophene rings is 1. The van der Waals surface area contributed by atoms with Gasteiger partial charge in [0.2, 0.25) is 0 Å². The fourth-order valence-electron chi connectivity index (χ4n) is 1.87. The summed E-state index contributed by atoms with van der Waals surface area (Å²) in [5.74, 6) is 0. The number of hydrogen-bond acceptors (Lipinski definition) is 5. The van der Waals surface area contributed by atoms with E-state index in [1.54, 1.807) is 13.0 Å². The van der Waals surface area contributed by atoms with Crippen LogP contribution in [0.4, 0.5) is 5.69 Å². The Kier molecular flexibility index (Phi) is 4.14. The van der Waals surface area contributed by atoms with E-state index in [4.69, 9.17) is 0 Å². The highest BCUT2D eigenvalue weighted by atomic mass is 32.2. The van der Waals surface area contributed by atoms with Crippen LogP contribution in [-0.2, 0) is 19.9 Å². The number of sulfone groups is 1. The Labute approximate surface area is 128 Å². The van der Waals surface area contributed by atoms with Gasteiger partial charge < -0.3 is 0 Å². The Morgan fingerprint density at radius 2 is 1.71 bits per heavy atom. The minimum Gasteiger partial charge on any atom is -0.280 e. The summed E-state index contributed by atoms with van der Waals surface area (Å²) in [6.45, 7) is 3.57. The van der Waals surface area contributed by atoms with Crippen LogP contribution in [0.25, 0.3) is 0 Å². The molecule has 1 aromatic heterocycles. The van der Waals surface area contributed by atoms with Crippen LogP contribution in [0.1, 0.15) is 9.75 Å². The van der Waals surface area contributed by atoms with E-state index in [-0.39, 0.29) is 15.5 Å². The van der Waals surface area contributed by atoms with Crippen molar-refractivity contribution in [1.82, 2.24) is 0 Å². The monoisotopic (exact) mass is 345 g/mol. The third-order valence-corrected chi connectivity index (χ3v) is 6.51. The van der Waals surface area contributed by atoms with Gasteiger partial charge in [0.15, 0.2) is 9.84 Å². The molecule has 0 atom stereocenters. The van der Waals surface area contributed by atoms with Crippen LogP contribution in [0.3, 0.4) is 0 Å². The van der Waals surface area contributed by atoms with Gasteiger partial charge in [0.25, 0.3) is 10.0 Å². The maximum absolute atomic E-state index is 12.3. The van der Waals surface area contributed by atoms with Gasteiger partial charge in [0.1, 0.15) is 4.90 Å². The molecule has 0 radical (unpaired) electrons. The van der Waals surface area contributed by atoms with Crippen molar-refractivity contribution in [2.75, 3.05) is 11.0 Å². The highest BCUT2D eigenvalue weighted by Crippen LogP contribution is 2.27. The zero-order chi connectivity index (χ0) is 15.8. The average molecular weight is 345 g/mol. The normalized spacial score (nSPS) is 12.3. The first-order chi connectivity index (χ1) is 9.59. The minimum atomic E-state index is -3.72. The van der Waals surface area contributed by atoms with E-state index in [0.29, 0.717) is 4.88 Å². The SMILES string of the molecule is Cc1cc(S(=O)(=O)Nc2cccc(S(C)(=O)=O)c2)c(C)s1. The third kappa shape index (κ3) is 3.63. The Bertz CT molecular complexity index is 880. The smallest absolute Gasteiger partial charge is 0.262 e. The summed E-state index contributed by atoms with van der Waals surface area (Å²) >= 11 is 1.40. The lowest BCUT2D eigenvalue weighted by Crippen LogP contribution is -2.13. The van der Waals surface area contributed by atoms with Gasteiger partial charge in [-0.3, -0.25) is 4.72 Å². The lowest BCUT2D eigenvalue weighted by molar-refractivity contribution is 0.599. The van der Waals surface area contributed by atoms with Crippen molar-refractivity contribution in [3.8, 4) is 0 Å². The van der Waals surface area contributed by atoms with E-state index in [1.165, 1.54) is 35.6 Å². The summed E-state index contributed by atoms with van der Waals surface area (Å²) in [7, 11) is -7.10. The molecule has 0 amide bonds. The fraction of sp³-hybridized carbons (Fsp3) is 0.231. The molecule has 0 aliphatic rings. The van der Waals surface area contributed by atoms with E-state index in [9.17, 15) is 16.8 Å². The maximum atomic E-state index is 12.3. The molecule has 0 bridgehead atoms. The van der Waals surface area contributed by atoms with Crippen molar-refractivity contribution in [2.45, 2.75) is 23.6 Å². The predicted molar refractivity (Wildman–Crippen MR) is 84.2 cm³/mol. The molecule has 2 aromatic rings. The van der Waals surface area contributed by atoms with Gasteiger partial charge in [-0.05, 0) is 38.1 Å². The first kappa shape index (κ1) is 16.0. The van der Waals surface area contributed by atoms with E-state index in [1.807, 2.05) is 6.92 Å². The minimum absolute atomic E-state index is 0.0703. The summed E-state index contributed by atoms with van der Waals surface area (Å²) in [6, 6.07) is 7.35. The Morgan fingerprint density at radius 3 is 2.24 bits per heavy atom. The second kappa shape index (κ2) is 5.43. The Hall–Kier alpha value is -1.38. The van der Waals surface area contributed by atoms with Crippen LogP contribution in [0.2, 0.25) is 0 Å². The molecule has 0 unspecified atom stereocenters. The lowest BCUT2D eigenvalue weighted by atomic mass is 10.3. The molecule has 1 heterocycles. The highest BCUT2D eigenvalue weighted by molar-refractivity contribution is 7.93. The molecule has 1 aromatic carbocycles. The van der Waals surface area contributed by atoms with Crippen molar-refractivity contribution < 1.29 is 16.8 Å². The molecule has 0 spiro atoms. The topological polar surface area (TPSA) is 80.3 Å². The molecule has 0 saturated heterocycles. The second-order valence-electron chi connectivity index (χ2n) is 4.68. The molecule has 0 saturated carbocycles. The lowest BCUT2D eigenvalue weighted by Gasteiger charge is -2.08. The molecule has 0 aliphatic heterocycles. The van der Waals surface area contributed by atoms with Gasteiger partial charge >= 0.3 is 0 Å². The summed E-state index contributed by atoms with van der Waals surface area (Å²) in [5, 5.41) is 0. The fourth-order valence-corrected chi connectivity index (χ4v) is 5.15. The van der Waals surface area contributed by atoms with E-state index in [2.05, 4.69) is 4.72 Å². The summed E-state index contributed by atoms with van der Waals surface area (Å²) in [5.41, 5.74) is 0.223. The number of rotatable bonds is 4. The van der Waals surface area contributed by atoms with Crippen LogP contribution in [-0.4, -0.2) is 23.1 Å². The molecule has 1 N–H and O–H groups in total. The molecule has 2 rings (SSSR count). The summed E-state index contributed by atoms with van der Waals surface area (Å²) < 4.78 is 50.1. The van der Waals surface area contributed by atoms with Crippen LogP contribution in [0.15, 0.2) is 40.1 Å². The number of sulfonamides is 1. The van der Waals surface area contributed by atoms with Gasteiger partial charge in [-0.1, -0.05) is 6.07 Å². The molecule has 5 nitrogen and oxygen atoms in total. The van der Waals surface area contributed by atoms with Crippen molar-refractivity contribution in [3.63, 3.8) is 0 Å². The van der Waals surface area contributed by atoms with Crippen molar-refractivity contribution >= 4 is 36.9 Å². The van der Waals surface area contributed by atoms with Crippen molar-refractivity contribution in [1.29, 1.82) is 0 Å². The first-order valence-corrected chi connectivity index (χ1v) is 10.2. The Morgan fingerprint density at radius 1 is 1.05 bits per heavy atom. The van der Waals surface area contributed by atoms with Gasteiger partial charge in [0, 0.05) is 16.0 Å².